The van der Waals surface area contributed by atoms with Gasteiger partial charge < -0.3 is 9.64 Å². The van der Waals surface area contributed by atoms with E-state index < -0.39 is 0 Å². The minimum absolute atomic E-state index is 0.0932. The number of rotatable bonds is 4. The van der Waals surface area contributed by atoms with Crippen LogP contribution in [0, 0.1) is 5.92 Å². The highest BCUT2D eigenvalue weighted by Gasteiger charge is 2.44. The number of piperidine rings is 1. The van der Waals surface area contributed by atoms with Crippen molar-refractivity contribution in [1.29, 1.82) is 0 Å². The first-order chi connectivity index (χ1) is 13.8. The topological polar surface area (TPSA) is 29.5 Å². The van der Waals surface area contributed by atoms with Crippen molar-refractivity contribution in [3.63, 3.8) is 0 Å². The second kappa shape index (κ2) is 7.27. The Morgan fingerprint density at radius 1 is 0.964 bits per heavy atom. The Hall–Kier alpha value is -2.29. The van der Waals surface area contributed by atoms with Gasteiger partial charge in [0.25, 0.3) is 0 Å². The minimum Gasteiger partial charge on any atom is -0.448 e. The van der Waals surface area contributed by atoms with Crippen molar-refractivity contribution in [1.82, 2.24) is 4.90 Å². The predicted octanol–water partition coefficient (Wildman–Crippen LogP) is 5.98. The molecule has 3 aliphatic rings. The van der Waals surface area contributed by atoms with Gasteiger partial charge in [-0.3, -0.25) is 0 Å². The van der Waals surface area contributed by atoms with Crippen LogP contribution in [0.1, 0.15) is 62.5 Å². The van der Waals surface area contributed by atoms with E-state index in [4.69, 9.17) is 4.74 Å². The number of fused-ring (bicyclic) bond motifs is 5. The van der Waals surface area contributed by atoms with Crippen molar-refractivity contribution < 1.29 is 9.53 Å². The molecule has 2 bridgehead atoms. The normalized spacial score (nSPS) is 25.5. The minimum atomic E-state index is -0.0932. The van der Waals surface area contributed by atoms with Gasteiger partial charge in [-0.25, -0.2) is 4.79 Å². The molecule has 2 aliphatic heterocycles. The Balaban J connectivity index is 1.30. The average Bonchev–Trinajstić information content (AvgIpc) is 3.18. The van der Waals surface area contributed by atoms with Crippen LogP contribution in [0.5, 0.6) is 0 Å². The highest BCUT2D eigenvalue weighted by molar-refractivity contribution is 5.79. The molecular weight excluding hydrogens is 346 g/mol. The van der Waals surface area contributed by atoms with Crippen molar-refractivity contribution in [2.75, 3.05) is 6.61 Å². The maximum Gasteiger partial charge on any atom is 0.410 e. The highest BCUT2D eigenvalue weighted by atomic mass is 16.6. The first-order valence-electron chi connectivity index (χ1n) is 10.9. The van der Waals surface area contributed by atoms with Crippen LogP contribution in [0.2, 0.25) is 0 Å². The van der Waals surface area contributed by atoms with Gasteiger partial charge in [0.1, 0.15) is 6.61 Å². The molecule has 2 unspecified atom stereocenters. The number of hydrogen-bond acceptors (Lipinski definition) is 2. The molecule has 0 saturated carbocycles. The summed E-state index contributed by atoms with van der Waals surface area (Å²) >= 11 is 0. The van der Waals surface area contributed by atoms with Crippen molar-refractivity contribution in [3.8, 4) is 11.1 Å². The molecular formula is C25H29NO2. The van der Waals surface area contributed by atoms with Crippen molar-refractivity contribution >= 4 is 6.09 Å². The van der Waals surface area contributed by atoms with Crippen LogP contribution in [-0.2, 0) is 4.74 Å². The fourth-order valence-electron chi connectivity index (χ4n) is 5.90. The number of hydrogen-bond donors (Lipinski definition) is 0. The third-order valence-corrected chi connectivity index (χ3v) is 7.07. The molecule has 2 aromatic rings. The largest absolute Gasteiger partial charge is 0.448 e. The molecule has 0 spiro atoms. The smallest absolute Gasteiger partial charge is 0.410 e. The van der Waals surface area contributed by atoms with Crippen molar-refractivity contribution in [2.24, 2.45) is 5.92 Å². The second-order valence-corrected chi connectivity index (χ2v) is 8.72. The Labute approximate surface area is 167 Å². The van der Waals surface area contributed by atoms with Crippen LogP contribution in [0.15, 0.2) is 48.5 Å². The number of carbonyl (C=O) groups is 1. The fourth-order valence-corrected chi connectivity index (χ4v) is 5.90. The van der Waals surface area contributed by atoms with E-state index in [1.165, 1.54) is 35.1 Å². The van der Waals surface area contributed by atoms with Crippen LogP contribution in [0.3, 0.4) is 0 Å². The summed E-state index contributed by atoms with van der Waals surface area (Å²) in [7, 11) is 0. The van der Waals surface area contributed by atoms with E-state index in [-0.39, 0.29) is 12.0 Å². The molecule has 2 saturated heterocycles. The maximum absolute atomic E-state index is 13.0. The van der Waals surface area contributed by atoms with Crippen LogP contribution in [0.4, 0.5) is 4.79 Å². The van der Waals surface area contributed by atoms with Crippen molar-refractivity contribution in [3.05, 3.63) is 59.7 Å². The van der Waals surface area contributed by atoms with Crippen LogP contribution < -0.4 is 0 Å². The zero-order chi connectivity index (χ0) is 19.1. The highest BCUT2D eigenvalue weighted by Crippen LogP contribution is 2.45. The summed E-state index contributed by atoms with van der Waals surface area (Å²) < 4.78 is 5.94. The molecule has 2 aromatic carbocycles. The number of carbonyl (C=O) groups excluding carboxylic acids is 1. The Morgan fingerprint density at radius 3 is 2.11 bits per heavy atom. The van der Waals surface area contributed by atoms with E-state index in [2.05, 4.69) is 60.4 Å². The summed E-state index contributed by atoms with van der Waals surface area (Å²) in [5, 5.41) is 0. The molecule has 3 heteroatoms. The van der Waals surface area contributed by atoms with Gasteiger partial charge in [-0.1, -0.05) is 68.3 Å². The van der Waals surface area contributed by atoms with Gasteiger partial charge in [0.15, 0.2) is 0 Å². The molecule has 0 aromatic heterocycles. The molecule has 0 radical (unpaired) electrons. The summed E-state index contributed by atoms with van der Waals surface area (Å²) in [6.45, 7) is 2.70. The molecule has 1 aliphatic carbocycles. The Kier molecular flexibility index (Phi) is 4.62. The SMILES string of the molecule is CCCC1CC2CCC(C1)N2C(=O)OCC1c2ccccc2-c2ccccc21. The molecule has 146 valence electrons. The zero-order valence-corrected chi connectivity index (χ0v) is 16.6. The lowest BCUT2D eigenvalue weighted by molar-refractivity contribution is 0.0546. The lowest BCUT2D eigenvalue weighted by Gasteiger charge is -2.38. The molecule has 28 heavy (non-hydrogen) atoms. The third kappa shape index (κ3) is 2.92. The van der Waals surface area contributed by atoms with E-state index in [0.717, 1.165) is 31.6 Å². The Morgan fingerprint density at radius 2 is 1.54 bits per heavy atom. The average molecular weight is 376 g/mol. The maximum atomic E-state index is 13.0. The van der Waals surface area contributed by atoms with E-state index in [0.29, 0.717) is 18.7 Å². The lowest BCUT2D eigenvalue weighted by atomic mass is 9.87. The van der Waals surface area contributed by atoms with Gasteiger partial charge in [0.05, 0.1) is 0 Å². The summed E-state index contributed by atoms with van der Waals surface area (Å²) in [5.41, 5.74) is 5.11. The van der Waals surface area contributed by atoms with Gasteiger partial charge in [-0.15, -0.1) is 0 Å². The van der Waals surface area contributed by atoms with Crippen LogP contribution >= 0.6 is 0 Å². The standard InChI is InChI=1S/C25H29NO2/c1-2-7-17-14-18-12-13-19(15-17)26(18)25(27)28-16-24-22-10-5-3-8-20(22)21-9-4-6-11-23(21)24/h3-6,8-11,17-19,24H,2,7,12-16H2,1H3. The van der Waals surface area contributed by atoms with E-state index in [1.54, 1.807) is 0 Å². The molecule has 5 rings (SSSR count). The first-order valence-corrected chi connectivity index (χ1v) is 10.9. The second-order valence-electron chi connectivity index (χ2n) is 8.72. The molecule has 2 fully saturated rings. The monoisotopic (exact) mass is 375 g/mol. The molecule has 2 atom stereocenters. The van der Waals surface area contributed by atoms with E-state index >= 15 is 0 Å². The van der Waals surface area contributed by atoms with Gasteiger partial charge in [0.2, 0.25) is 0 Å². The summed E-state index contributed by atoms with van der Waals surface area (Å²) in [6.07, 6.45) is 7.07. The molecule has 0 N–H and O–H groups in total. The zero-order valence-electron chi connectivity index (χ0n) is 16.6. The third-order valence-electron chi connectivity index (χ3n) is 7.07. The van der Waals surface area contributed by atoms with Gasteiger partial charge in [-0.05, 0) is 53.9 Å². The Bertz CT molecular complexity index is 817. The number of benzene rings is 2. The molecule has 3 nitrogen and oxygen atoms in total. The number of nitrogens with zero attached hydrogens (tertiary/aromatic N) is 1. The van der Waals surface area contributed by atoms with Crippen LogP contribution in [0.25, 0.3) is 11.1 Å². The van der Waals surface area contributed by atoms with E-state index in [1.807, 2.05) is 0 Å². The quantitative estimate of drug-likeness (QED) is 0.658. The van der Waals surface area contributed by atoms with Crippen LogP contribution in [-0.4, -0.2) is 29.7 Å². The fraction of sp³-hybridized carbons (Fsp3) is 0.480. The number of amides is 1. The predicted molar refractivity (Wildman–Crippen MR) is 111 cm³/mol. The lowest BCUT2D eigenvalue weighted by Crippen LogP contribution is -2.47. The summed E-state index contributed by atoms with van der Waals surface area (Å²) in [6, 6.07) is 17.8. The van der Waals surface area contributed by atoms with Gasteiger partial charge >= 0.3 is 6.09 Å². The molecule has 1 amide bonds. The summed E-state index contributed by atoms with van der Waals surface area (Å²) in [5.74, 6) is 0.937. The summed E-state index contributed by atoms with van der Waals surface area (Å²) in [4.78, 5) is 15.1. The number of ether oxygens (including phenoxy) is 1. The van der Waals surface area contributed by atoms with Crippen molar-refractivity contribution in [2.45, 2.75) is 63.5 Å². The molecule has 2 heterocycles. The first kappa shape index (κ1) is 17.8. The van der Waals surface area contributed by atoms with Gasteiger partial charge in [0, 0.05) is 18.0 Å². The van der Waals surface area contributed by atoms with Gasteiger partial charge in [-0.2, -0.15) is 0 Å². The van der Waals surface area contributed by atoms with E-state index in [9.17, 15) is 4.79 Å².